The molecule has 1 fully saturated rings. The number of pyridine rings is 1. The van der Waals surface area contributed by atoms with Crippen LogP contribution in [0.4, 0.5) is 0 Å². The maximum absolute atomic E-state index is 12.4. The van der Waals surface area contributed by atoms with E-state index in [0.717, 1.165) is 19.4 Å². The molecule has 0 aromatic carbocycles. The number of sulfonamides is 1. The molecule has 0 bridgehead atoms. The number of imidazole rings is 1. The van der Waals surface area contributed by atoms with E-state index in [4.69, 9.17) is 16.3 Å². The van der Waals surface area contributed by atoms with Gasteiger partial charge in [0.15, 0.2) is 10.2 Å². The average Bonchev–Trinajstić information content (AvgIpc) is 3.04. The van der Waals surface area contributed by atoms with Gasteiger partial charge in [-0.1, -0.05) is 17.7 Å². The minimum Gasteiger partial charge on any atom is -0.381 e. The normalized spacial score (nSPS) is 19.4. The van der Waals surface area contributed by atoms with Crippen LogP contribution in [-0.2, 0) is 14.8 Å². The number of ether oxygens (including phenoxy) is 1. The summed E-state index contributed by atoms with van der Waals surface area (Å²) in [7, 11) is -3.69. The van der Waals surface area contributed by atoms with Crippen LogP contribution in [0.3, 0.4) is 0 Å². The Balaban J connectivity index is 1.78. The van der Waals surface area contributed by atoms with Gasteiger partial charge in [0.25, 0.3) is 10.0 Å². The number of hydrogen-bond donors (Lipinski definition) is 1. The van der Waals surface area contributed by atoms with E-state index >= 15 is 0 Å². The van der Waals surface area contributed by atoms with Gasteiger partial charge in [0, 0.05) is 26.0 Å². The lowest BCUT2D eigenvalue weighted by molar-refractivity contribution is 0.184. The fourth-order valence-electron chi connectivity index (χ4n) is 2.46. The molecular weight excluding hydrogens is 314 g/mol. The Bertz CT molecular complexity index is 738. The number of hydrogen-bond acceptors (Lipinski definition) is 4. The van der Waals surface area contributed by atoms with Crippen LogP contribution in [0, 0.1) is 5.92 Å². The molecule has 6 nitrogen and oxygen atoms in total. The van der Waals surface area contributed by atoms with Gasteiger partial charge in [-0.25, -0.2) is 18.1 Å². The van der Waals surface area contributed by atoms with Crippen molar-refractivity contribution in [2.75, 3.05) is 19.8 Å². The summed E-state index contributed by atoms with van der Waals surface area (Å²) in [6.45, 7) is 1.83. The summed E-state index contributed by atoms with van der Waals surface area (Å²) in [6.07, 6.45) is 3.37. The molecule has 2 aromatic heterocycles. The van der Waals surface area contributed by atoms with Gasteiger partial charge in [-0.05, 0) is 30.9 Å². The van der Waals surface area contributed by atoms with E-state index in [9.17, 15) is 8.42 Å². The van der Waals surface area contributed by atoms with Gasteiger partial charge >= 0.3 is 0 Å². The molecule has 0 aliphatic carbocycles. The molecule has 1 aliphatic heterocycles. The fraction of sp³-hybridized carbons (Fsp3) is 0.462. The van der Waals surface area contributed by atoms with Gasteiger partial charge in [0.2, 0.25) is 0 Å². The van der Waals surface area contributed by atoms with Crippen molar-refractivity contribution in [3.8, 4) is 0 Å². The van der Waals surface area contributed by atoms with Crippen molar-refractivity contribution in [1.82, 2.24) is 14.1 Å². The largest absolute Gasteiger partial charge is 0.381 e. The molecule has 3 rings (SSSR count). The highest BCUT2D eigenvalue weighted by Crippen LogP contribution is 2.22. The van der Waals surface area contributed by atoms with E-state index < -0.39 is 10.0 Å². The first-order valence-electron chi connectivity index (χ1n) is 6.78. The summed E-state index contributed by atoms with van der Waals surface area (Å²) in [5, 5.41) is -0.0275. The molecule has 1 N–H and O–H groups in total. The summed E-state index contributed by atoms with van der Waals surface area (Å²) < 4.78 is 34.2. The van der Waals surface area contributed by atoms with Crippen LogP contribution >= 0.6 is 11.6 Å². The number of fused-ring (bicyclic) bond motifs is 1. The topological polar surface area (TPSA) is 72.7 Å². The Morgan fingerprint density at radius 3 is 3.10 bits per heavy atom. The van der Waals surface area contributed by atoms with Crippen LogP contribution in [-0.4, -0.2) is 37.6 Å². The van der Waals surface area contributed by atoms with Crippen molar-refractivity contribution in [2.24, 2.45) is 5.92 Å². The number of rotatable bonds is 5. The summed E-state index contributed by atoms with van der Waals surface area (Å²) in [4.78, 5) is 4.05. The van der Waals surface area contributed by atoms with Gasteiger partial charge in [0.05, 0.1) is 0 Å². The summed E-state index contributed by atoms with van der Waals surface area (Å²) in [5.41, 5.74) is 0.507. The third kappa shape index (κ3) is 3.06. The van der Waals surface area contributed by atoms with E-state index in [1.54, 1.807) is 24.4 Å². The number of nitrogens with zero attached hydrogens (tertiary/aromatic N) is 2. The predicted molar refractivity (Wildman–Crippen MR) is 78.9 cm³/mol. The zero-order chi connectivity index (χ0) is 14.9. The van der Waals surface area contributed by atoms with Crippen LogP contribution < -0.4 is 4.72 Å². The molecule has 8 heteroatoms. The SMILES string of the molecule is O=S(=O)(NCCC1CCOC1)c1c(Cl)nc2ccccn12. The summed E-state index contributed by atoms with van der Waals surface area (Å²) >= 11 is 5.99. The monoisotopic (exact) mass is 329 g/mol. The van der Waals surface area contributed by atoms with E-state index in [0.29, 0.717) is 24.7 Å². The van der Waals surface area contributed by atoms with E-state index in [1.165, 1.54) is 4.40 Å². The van der Waals surface area contributed by atoms with Crippen LogP contribution in [0.15, 0.2) is 29.4 Å². The second-order valence-electron chi connectivity index (χ2n) is 5.05. The molecule has 0 saturated carbocycles. The summed E-state index contributed by atoms with van der Waals surface area (Å²) in [5.74, 6) is 0.422. The number of halogens is 1. The van der Waals surface area contributed by atoms with Gasteiger partial charge < -0.3 is 4.74 Å². The van der Waals surface area contributed by atoms with Gasteiger partial charge in [0.1, 0.15) is 5.65 Å². The standard InChI is InChI=1S/C13H16ClN3O3S/c14-12-13(17-7-2-1-3-11(17)16-12)21(18,19)15-6-4-10-5-8-20-9-10/h1-3,7,10,15H,4-6,8-9H2. The fourth-order valence-corrected chi connectivity index (χ4v) is 4.15. The molecule has 1 aliphatic rings. The molecule has 1 atom stereocenters. The van der Waals surface area contributed by atoms with Gasteiger partial charge in [-0.3, -0.25) is 4.40 Å². The van der Waals surface area contributed by atoms with Crippen molar-refractivity contribution >= 4 is 27.3 Å². The third-order valence-electron chi connectivity index (χ3n) is 3.57. The molecule has 1 unspecified atom stereocenters. The van der Waals surface area contributed by atoms with Crippen LogP contribution in [0.1, 0.15) is 12.8 Å². The van der Waals surface area contributed by atoms with Gasteiger partial charge in [-0.2, -0.15) is 0 Å². The maximum Gasteiger partial charge on any atom is 0.259 e. The number of aromatic nitrogens is 2. The zero-order valence-electron chi connectivity index (χ0n) is 11.3. The van der Waals surface area contributed by atoms with E-state index in [2.05, 4.69) is 9.71 Å². The van der Waals surface area contributed by atoms with Gasteiger partial charge in [-0.15, -0.1) is 0 Å². The van der Waals surface area contributed by atoms with Crippen molar-refractivity contribution in [3.05, 3.63) is 29.5 Å². The molecule has 114 valence electrons. The highest BCUT2D eigenvalue weighted by atomic mass is 35.5. The van der Waals surface area contributed by atoms with Crippen molar-refractivity contribution in [1.29, 1.82) is 0 Å². The van der Waals surface area contributed by atoms with E-state index in [1.807, 2.05) is 0 Å². The highest BCUT2D eigenvalue weighted by Gasteiger charge is 2.24. The molecular formula is C13H16ClN3O3S. The lowest BCUT2D eigenvalue weighted by Gasteiger charge is -2.09. The van der Waals surface area contributed by atoms with Crippen LogP contribution in [0.2, 0.25) is 5.15 Å². The number of nitrogens with one attached hydrogen (secondary N) is 1. The minimum atomic E-state index is -3.69. The maximum atomic E-state index is 12.4. The van der Waals surface area contributed by atoms with Crippen LogP contribution in [0.25, 0.3) is 5.65 Å². The Kier molecular flexibility index (Phi) is 4.17. The summed E-state index contributed by atoms with van der Waals surface area (Å²) in [6, 6.07) is 5.23. The molecule has 1 saturated heterocycles. The van der Waals surface area contributed by atoms with Crippen LogP contribution in [0.5, 0.6) is 0 Å². The minimum absolute atomic E-state index is 0.0116. The molecule has 2 aromatic rings. The first-order valence-corrected chi connectivity index (χ1v) is 8.64. The second-order valence-corrected chi connectivity index (χ2v) is 7.09. The molecule has 0 radical (unpaired) electrons. The first kappa shape index (κ1) is 14.8. The lowest BCUT2D eigenvalue weighted by Crippen LogP contribution is -2.27. The zero-order valence-corrected chi connectivity index (χ0v) is 12.9. The molecule has 0 amide bonds. The molecule has 0 spiro atoms. The smallest absolute Gasteiger partial charge is 0.259 e. The Morgan fingerprint density at radius 1 is 1.48 bits per heavy atom. The van der Waals surface area contributed by atoms with Crippen molar-refractivity contribution in [3.63, 3.8) is 0 Å². The molecule has 3 heterocycles. The van der Waals surface area contributed by atoms with E-state index in [-0.39, 0.29) is 10.2 Å². The Morgan fingerprint density at radius 2 is 2.33 bits per heavy atom. The molecule has 21 heavy (non-hydrogen) atoms. The Hall–Kier alpha value is -1.15. The average molecular weight is 330 g/mol. The van der Waals surface area contributed by atoms with Crippen molar-refractivity contribution in [2.45, 2.75) is 17.9 Å². The predicted octanol–water partition coefficient (Wildman–Crippen LogP) is 1.69. The van der Waals surface area contributed by atoms with Crippen molar-refractivity contribution < 1.29 is 13.2 Å². The quantitative estimate of drug-likeness (QED) is 0.906. The lowest BCUT2D eigenvalue weighted by atomic mass is 10.1. The highest BCUT2D eigenvalue weighted by molar-refractivity contribution is 7.89. The second kappa shape index (κ2) is 5.92. The Labute approximate surface area is 128 Å². The third-order valence-corrected chi connectivity index (χ3v) is 5.43. The first-order chi connectivity index (χ1) is 10.1.